The van der Waals surface area contributed by atoms with Gasteiger partial charge >= 0.3 is 0 Å². The first-order chi connectivity index (χ1) is 10.8. The molecule has 0 saturated heterocycles. The van der Waals surface area contributed by atoms with Crippen molar-refractivity contribution in [2.75, 3.05) is 13.7 Å². The Balaban J connectivity index is 2.41. The summed E-state index contributed by atoms with van der Waals surface area (Å²) in [6.07, 6.45) is 2.95. The summed E-state index contributed by atoms with van der Waals surface area (Å²) in [6.45, 7) is -0.324. The van der Waals surface area contributed by atoms with Crippen LogP contribution in [0.25, 0.3) is 0 Å². The van der Waals surface area contributed by atoms with E-state index in [0.717, 1.165) is 16.8 Å². The Morgan fingerprint density at radius 3 is 2.00 bits per heavy atom. The van der Waals surface area contributed by atoms with Gasteiger partial charge in [0.15, 0.2) is 0 Å². The van der Waals surface area contributed by atoms with Crippen LogP contribution in [0.5, 0.6) is 0 Å². The predicted octanol–water partition coefficient (Wildman–Crippen LogP) is 4.34. The lowest BCUT2D eigenvalue weighted by atomic mass is 10.0. The van der Waals surface area contributed by atoms with Gasteiger partial charge in [0.1, 0.15) is 0 Å². The number of hydrogen-bond donors (Lipinski definition) is 0. The van der Waals surface area contributed by atoms with E-state index in [-0.39, 0.29) is 12.7 Å². The average molecular weight is 296 g/mol. The maximum Gasteiger partial charge on any atom is 0.0895 e. The fourth-order valence-corrected chi connectivity index (χ4v) is 2.30. The minimum Gasteiger partial charge on any atom is -0.299 e. The third kappa shape index (κ3) is 4.62. The van der Waals surface area contributed by atoms with Crippen molar-refractivity contribution in [1.29, 1.82) is 0 Å². The van der Waals surface area contributed by atoms with Crippen LogP contribution in [0.3, 0.4) is 0 Å². The Morgan fingerprint density at radius 1 is 1.00 bits per heavy atom. The van der Waals surface area contributed by atoms with Crippen LogP contribution in [0, 0.1) is 0 Å². The SMILES string of the molecule is C/N=C/C(CCCF)N=C(c1ccccc1)c1ccccc1. The molecule has 2 rings (SSSR count). The first-order valence-electron chi connectivity index (χ1n) is 7.52. The first kappa shape index (κ1) is 16.1. The summed E-state index contributed by atoms with van der Waals surface area (Å²) in [5, 5.41) is 0. The fraction of sp³-hybridized carbons (Fsp3) is 0.263. The second-order valence-corrected chi connectivity index (χ2v) is 5.02. The second kappa shape index (κ2) is 8.88. The van der Waals surface area contributed by atoms with Crippen LogP contribution in [0.2, 0.25) is 0 Å². The number of hydrogen-bond acceptors (Lipinski definition) is 2. The van der Waals surface area contributed by atoms with Crippen molar-refractivity contribution in [3.05, 3.63) is 71.8 Å². The largest absolute Gasteiger partial charge is 0.299 e. The maximum atomic E-state index is 12.5. The van der Waals surface area contributed by atoms with E-state index in [2.05, 4.69) is 4.99 Å². The number of rotatable bonds is 7. The fourth-order valence-electron chi connectivity index (χ4n) is 2.30. The standard InChI is InChI=1S/C19H21FN2/c1-21-15-18(13-8-14-20)22-19(16-9-4-2-5-10-16)17-11-6-3-7-12-17/h2-7,9-12,15,18H,8,13-14H2,1H3/b21-15+. The molecule has 0 bridgehead atoms. The summed E-state index contributed by atoms with van der Waals surface area (Å²) in [5.74, 6) is 0. The highest BCUT2D eigenvalue weighted by atomic mass is 19.1. The lowest BCUT2D eigenvalue weighted by molar-refractivity contribution is 0.458. The van der Waals surface area contributed by atoms with E-state index in [0.29, 0.717) is 12.8 Å². The Hall–Kier alpha value is -2.29. The zero-order valence-corrected chi connectivity index (χ0v) is 12.8. The lowest BCUT2D eigenvalue weighted by Crippen LogP contribution is -2.13. The van der Waals surface area contributed by atoms with Gasteiger partial charge in [-0.15, -0.1) is 0 Å². The number of halogens is 1. The highest BCUT2D eigenvalue weighted by molar-refractivity contribution is 6.13. The minimum atomic E-state index is -0.324. The van der Waals surface area contributed by atoms with Gasteiger partial charge in [0.25, 0.3) is 0 Å². The monoisotopic (exact) mass is 296 g/mol. The number of aliphatic imine (C=N–C) groups is 2. The Kier molecular flexibility index (Phi) is 6.49. The Labute approximate surface area is 131 Å². The molecule has 0 radical (unpaired) electrons. The van der Waals surface area contributed by atoms with Gasteiger partial charge in [-0.3, -0.25) is 14.4 Å². The molecule has 3 heteroatoms. The number of nitrogens with zero attached hydrogens (tertiary/aromatic N) is 2. The van der Waals surface area contributed by atoms with Gasteiger partial charge < -0.3 is 0 Å². The zero-order chi connectivity index (χ0) is 15.6. The van der Waals surface area contributed by atoms with Crippen molar-refractivity contribution in [1.82, 2.24) is 0 Å². The van der Waals surface area contributed by atoms with Crippen LogP contribution in [0.1, 0.15) is 24.0 Å². The summed E-state index contributed by atoms with van der Waals surface area (Å²) in [4.78, 5) is 8.92. The normalized spacial score (nSPS) is 12.3. The minimum absolute atomic E-state index is 0.101. The van der Waals surface area contributed by atoms with Crippen LogP contribution in [-0.4, -0.2) is 31.7 Å². The Bertz CT molecular complexity index is 564. The van der Waals surface area contributed by atoms with Crippen LogP contribution in [0.15, 0.2) is 70.6 Å². The molecule has 0 spiro atoms. The number of alkyl halides is 1. The maximum absolute atomic E-state index is 12.5. The molecule has 0 aliphatic rings. The van der Waals surface area contributed by atoms with Gasteiger partial charge in [-0.1, -0.05) is 60.7 Å². The van der Waals surface area contributed by atoms with E-state index in [4.69, 9.17) is 4.99 Å². The van der Waals surface area contributed by atoms with Crippen molar-refractivity contribution in [3.8, 4) is 0 Å². The molecule has 2 aromatic rings. The Morgan fingerprint density at radius 2 is 1.55 bits per heavy atom. The van der Waals surface area contributed by atoms with Crippen molar-refractivity contribution < 1.29 is 4.39 Å². The van der Waals surface area contributed by atoms with Crippen LogP contribution < -0.4 is 0 Å². The molecule has 2 nitrogen and oxygen atoms in total. The molecule has 114 valence electrons. The third-order valence-corrected chi connectivity index (χ3v) is 3.34. The molecular formula is C19H21FN2. The molecule has 0 aromatic heterocycles. The number of benzene rings is 2. The summed E-state index contributed by atoms with van der Waals surface area (Å²) in [6, 6.07) is 20.0. The molecule has 0 aliphatic carbocycles. The summed E-state index contributed by atoms with van der Waals surface area (Å²) in [7, 11) is 1.72. The lowest BCUT2D eigenvalue weighted by Gasteiger charge is -2.12. The molecule has 0 N–H and O–H groups in total. The summed E-state index contributed by atoms with van der Waals surface area (Å²) in [5.41, 5.74) is 3.04. The predicted molar refractivity (Wildman–Crippen MR) is 91.9 cm³/mol. The highest BCUT2D eigenvalue weighted by Crippen LogP contribution is 2.13. The van der Waals surface area contributed by atoms with Gasteiger partial charge in [0.05, 0.1) is 18.4 Å². The van der Waals surface area contributed by atoms with E-state index >= 15 is 0 Å². The van der Waals surface area contributed by atoms with Crippen LogP contribution in [0.4, 0.5) is 4.39 Å². The highest BCUT2D eigenvalue weighted by Gasteiger charge is 2.10. The van der Waals surface area contributed by atoms with E-state index < -0.39 is 0 Å². The molecule has 0 fully saturated rings. The van der Waals surface area contributed by atoms with Crippen LogP contribution >= 0.6 is 0 Å². The van der Waals surface area contributed by atoms with E-state index in [9.17, 15) is 4.39 Å². The van der Waals surface area contributed by atoms with Crippen molar-refractivity contribution in [3.63, 3.8) is 0 Å². The van der Waals surface area contributed by atoms with Crippen molar-refractivity contribution in [2.24, 2.45) is 9.98 Å². The molecule has 22 heavy (non-hydrogen) atoms. The summed E-state index contributed by atoms with van der Waals surface area (Å²) < 4.78 is 12.5. The van der Waals surface area contributed by atoms with E-state index in [1.54, 1.807) is 13.3 Å². The molecule has 0 saturated carbocycles. The first-order valence-corrected chi connectivity index (χ1v) is 7.52. The molecule has 1 atom stereocenters. The molecule has 0 aliphatic heterocycles. The molecule has 2 aromatic carbocycles. The van der Waals surface area contributed by atoms with Crippen molar-refractivity contribution in [2.45, 2.75) is 18.9 Å². The van der Waals surface area contributed by atoms with E-state index in [1.165, 1.54) is 0 Å². The van der Waals surface area contributed by atoms with Gasteiger partial charge in [0.2, 0.25) is 0 Å². The van der Waals surface area contributed by atoms with Crippen molar-refractivity contribution >= 4 is 11.9 Å². The topological polar surface area (TPSA) is 24.7 Å². The zero-order valence-electron chi connectivity index (χ0n) is 12.8. The second-order valence-electron chi connectivity index (χ2n) is 5.02. The third-order valence-electron chi connectivity index (χ3n) is 3.34. The van der Waals surface area contributed by atoms with Gasteiger partial charge in [0, 0.05) is 24.4 Å². The van der Waals surface area contributed by atoms with Gasteiger partial charge in [-0.25, -0.2) is 0 Å². The molecular weight excluding hydrogens is 275 g/mol. The average Bonchev–Trinajstić information content (AvgIpc) is 2.59. The smallest absolute Gasteiger partial charge is 0.0895 e. The van der Waals surface area contributed by atoms with Gasteiger partial charge in [-0.05, 0) is 12.8 Å². The quantitative estimate of drug-likeness (QED) is 0.679. The van der Waals surface area contributed by atoms with E-state index in [1.807, 2.05) is 60.7 Å². The molecule has 0 amide bonds. The molecule has 1 unspecified atom stereocenters. The summed E-state index contributed by atoms with van der Waals surface area (Å²) >= 11 is 0. The molecule has 0 heterocycles. The van der Waals surface area contributed by atoms with Crippen LogP contribution in [-0.2, 0) is 0 Å². The van der Waals surface area contributed by atoms with Gasteiger partial charge in [-0.2, -0.15) is 0 Å².